The summed E-state index contributed by atoms with van der Waals surface area (Å²) in [5, 5.41) is 9.31. The van der Waals surface area contributed by atoms with Gasteiger partial charge in [0.05, 0.1) is 6.61 Å². The Morgan fingerprint density at radius 1 is 0.645 bits per heavy atom. The molecule has 1 amide bonds. The molecule has 0 aliphatic carbocycles. The lowest BCUT2D eigenvalue weighted by Crippen LogP contribution is -2.29. The van der Waals surface area contributed by atoms with E-state index in [1.54, 1.807) is 6.92 Å². The van der Waals surface area contributed by atoms with E-state index in [4.69, 9.17) is 0 Å². The van der Waals surface area contributed by atoms with Crippen molar-refractivity contribution in [1.29, 1.82) is 0 Å². The van der Waals surface area contributed by atoms with Crippen LogP contribution in [-0.2, 0) is 9.59 Å². The van der Waals surface area contributed by atoms with Crippen molar-refractivity contribution in [2.75, 3.05) is 39.8 Å². The number of rotatable bonds is 23. The number of carbonyl (C=O) groups is 2. The Kier molecular flexibility index (Phi) is 21.6. The van der Waals surface area contributed by atoms with E-state index in [1.807, 2.05) is 11.9 Å². The molecule has 0 unspecified atom stereocenters. The first-order valence-electron chi connectivity index (χ1n) is 13.1. The summed E-state index contributed by atoms with van der Waals surface area (Å²) in [6.07, 6.45) is 17.8. The van der Waals surface area contributed by atoms with Gasteiger partial charge in [0.2, 0.25) is 5.91 Å². The number of carbonyl (C=O) groups excluding carboxylic acids is 2. The van der Waals surface area contributed by atoms with Gasteiger partial charge in [-0.15, -0.1) is 0 Å². The molecule has 0 heterocycles. The fraction of sp³-hybridized carbons (Fsp3) is 0.923. The summed E-state index contributed by atoms with van der Waals surface area (Å²) in [6, 6.07) is 0. The molecule has 0 aliphatic heterocycles. The summed E-state index contributed by atoms with van der Waals surface area (Å²) in [4.78, 5) is 27.5. The first-order valence-corrected chi connectivity index (χ1v) is 13.1. The highest BCUT2D eigenvalue weighted by Crippen LogP contribution is 2.10. The Bertz CT molecular complexity index is 429. The van der Waals surface area contributed by atoms with Crippen molar-refractivity contribution in [3.63, 3.8) is 0 Å². The largest absolute Gasteiger partial charge is 0.395 e. The molecule has 0 fully saturated rings. The fourth-order valence-electron chi connectivity index (χ4n) is 3.95. The van der Waals surface area contributed by atoms with Gasteiger partial charge in [0.1, 0.15) is 5.78 Å². The van der Waals surface area contributed by atoms with E-state index >= 15 is 0 Å². The Labute approximate surface area is 192 Å². The molecule has 0 aromatic heterocycles. The number of unbranched alkanes of at least 4 members (excludes halogenated alkanes) is 11. The van der Waals surface area contributed by atoms with Crippen molar-refractivity contribution in [3.05, 3.63) is 0 Å². The molecule has 0 bridgehead atoms. The number of hydrogen-bond acceptors (Lipinski definition) is 4. The Balaban J connectivity index is 3.71. The maximum atomic E-state index is 12.3. The van der Waals surface area contributed by atoms with Crippen LogP contribution in [0, 0.1) is 0 Å². The van der Waals surface area contributed by atoms with Gasteiger partial charge in [-0.3, -0.25) is 4.79 Å². The number of Topliss-reactive ketones (excluding diaryl/α,β-unsaturated/α-hetero) is 1. The highest BCUT2D eigenvalue weighted by Gasteiger charge is 2.09. The van der Waals surface area contributed by atoms with E-state index in [9.17, 15) is 14.7 Å². The lowest BCUT2D eigenvalue weighted by atomic mass is 10.1. The van der Waals surface area contributed by atoms with Crippen molar-refractivity contribution in [2.45, 2.75) is 117 Å². The van der Waals surface area contributed by atoms with Crippen LogP contribution < -0.4 is 0 Å². The summed E-state index contributed by atoms with van der Waals surface area (Å²) in [6.45, 7) is 7.78. The van der Waals surface area contributed by atoms with Crippen LogP contribution in [0.25, 0.3) is 0 Å². The molecule has 5 heteroatoms. The average molecular weight is 441 g/mol. The standard InChI is InChI=1S/C26H52N2O3/c1-4-5-6-7-10-15-20-27(3)26(31)19-14-12-17-22-28(23-24-29)21-16-11-8-9-13-18-25(2)30/h29H,4-24H2,1-3H3. The van der Waals surface area contributed by atoms with Gasteiger partial charge in [-0.2, -0.15) is 0 Å². The van der Waals surface area contributed by atoms with Crippen molar-refractivity contribution in [3.8, 4) is 0 Å². The zero-order valence-corrected chi connectivity index (χ0v) is 21.0. The molecule has 0 aromatic carbocycles. The average Bonchev–Trinajstić information content (AvgIpc) is 2.74. The number of aliphatic hydroxyl groups excluding tert-OH is 1. The highest BCUT2D eigenvalue weighted by atomic mass is 16.3. The minimum absolute atomic E-state index is 0.209. The van der Waals surface area contributed by atoms with Crippen molar-refractivity contribution >= 4 is 11.7 Å². The maximum absolute atomic E-state index is 12.3. The van der Waals surface area contributed by atoms with Crippen LogP contribution in [0.2, 0.25) is 0 Å². The third-order valence-electron chi connectivity index (χ3n) is 6.06. The van der Waals surface area contributed by atoms with Crippen LogP contribution in [0.4, 0.5) is 0 Å². The van der Waals surface area contributed by atoms with Crippen molar-refractivity contribution < 1.29 is 14.7 Å². The minimum Gasteiger partial charge on any atom is -0.395 e. The van der Waals surface area contributed by atoms with Gasteiger partial charge in [0, 0.05) is 33.0 Å². The molecular formula is C26H52N2O3. The summed E-state index contributed by atoms with van der Waals surface area (Å²) in [7, 11) is 1.94. The summed E-state index contributed by atoms with van der Waals surface area (Å²) in [5.41, 5.74) is 0. The monoisotopic (exact) mass is 440 g/mol. The number of aliphatic hydroxyl groups is 1. The quantitative estimate of drug-likeness (QED) is 0.210. The zero-order chi connectivity index (χ0) is 23.2. The SMILES string of the molecule is CCCCCCCCN(C)C(=O)CCCCCN(CCO)CCCCCCCC(C)=O. The molecule has 5 nitrogen and oxygen atoms in total. The molecule has 184 valence electrons. The molecule has 0 aliphatic rings. The van der Waals surface area contributed by atoms with Gasteiger partial charge in [-0.1, -0.05) is 64.7 Å². The number of hydrogen-bond donors (Lipinski definition) is 1. The predicted octanol–water partition coefficient (Wildman–Crippen LogP) is 5.59. The van der Waals surface area contributed by atoms with Crippen molar-refractivity contribution in [2.24, 2.45) is 0 Å². The Morgan fingerprint density at radius 2 is 1.13 bits per heavy atom. The second kappa shape index (κ2) is 22.3. The Hall–Kier alpha value is -0.940. The zero-order valence-electron chi connectivity index (χ0n) is 21.0. The van der Waals surface area contributed by atoms with E-state index in [0.717, 1.165) is 71.1 Å². The van der Waals surface area contributed by atoms with Gasteiger partial charge in [-0.05, 0) is 52.1 Å². The molecule has 0 atom stereocenters. The molecule has 0 rings (SSSR count). The van der Waals surface area contributed by atoms with Gasteiger partial charge in [0.15, 0.2) is 0 Å². The van der Waals surface area contributed by atoms with E-state index < -0.39 is 0 Å². The first kappa shape index (κ1) is 30.1. The smallest absolute Gasteiger partial charge is 0.222 e. The normalized spacial score (nSPS) is 11.3. The topological polar surface area (TPSA) is 60.9 Å². The molecule has 0 aromatic rings. The van der Waals surface area contributed by atoms with E-state index in [-0.39, 0.29) is 12.5 Å². The molecule has 0 saturated carbocycles. The van der Waals surface area contributed by atoms with Gasteiger partial charge < -0.3 is 19.7 Å². The first-order chi connectivity index (χ1) is 15.0. The lowest BCUT2D eigenvalue weighted by Gasteiger charge is -2.21. The van der Waals surface area contributed by atoms with E-state index in [2.05, 4.69) is 11.8 Å². The number of nitrogens with zero attached hydrogens (tertiary/aromatic N) is 2. The van der Waals surface area contributed by atoms with Crippen LogP contribution in [0.1, 0.15) is 117 Å². The third-order valence-corrected chi connectivity index (χ3v) is 6.06. The van der Waals surface area contributed by atoms with Crippen LogP contribution in [0.15, 0.2) is 0 Å². The number of ketones is 1. The second-order valence-electron chi connectivity index (χ2n) is 9.18. The minimum atomic E-state index is 0.209. The van der Waals surface area contributed by atoms with Crippen LogP contribution in [0.3, 0.4) is 0 Å². The summed E-state index contributed by atoms with van der Waals surface area (Å²) in [5.74, 6) is 0.575. The molecule has 0 saturated heterocycles. The number of amides is 1. The summed E-state index contributed by atoms with van der Waals surface area (Å²) < 4.78 is 0. The Morgan fingerprint density at radius 3 is 1.71 bits per heavy atom. The predicted molar refractivity (Wildman–Crippen MR) is 131 cm³/mol. The lowest BCUT2D eigenvalue weighted by molar-refractivity contribution is -0.130. The van der Waals surface area contributed by atoms with Gasteiger partial charge in [0.25, 0.3) is 0 Å². The molecule has 31 heavy (non-hydrogen) atoms. The fourth-order valence-corrected chi connectivity index (χ4v) is 3.95. The van der Waals surface area contributed by atoms with Gasteiger partial charge in [-0.25, -0.2) is 0 Å². The molecule has 0 radical (unpaired) electrons. The third kappa shape index (κ3) is 20.7. The maximum Gasteiger partial charge on any atom is 0.222 e. The summed E-state index contributed by atoms with van der Waals surface area (Å²) >= 11 is 0. The van der Waals surface area contributed by atoms with Crippen LogP contribution >= 0.6 is 0 Å². The highest BCUT2D eigenvalue weighted by molar-refractivity contribution is 5.75. The van der Waals surface area contributed by atoms with Crippen LogP contribution in [0.5, 0.6) is 0 Å². The van der Waals surface area contributed by atoms with E-state index in [1.165, 1.54) is 44.9 Å². The van der Waals surface area contributed by atoms with Gasteiger partial charge >= 0.3 is 0 Å². The van der Waals surface area contributed by atoms with Crippen LogP contribution in [-0.4, -0.2) is 66.4 Å². The van der Waals surface area contributed by atoms with E-state index in [0.29, 0.717) is 18.6 Å². The molecule has 1 N–H and O–H groups in total. The molecule has 0 spiro atoms. The van der Waals surface area contributed by atoms with Crippen molar-refractivity contribution in [1.82, 2.24) is 9.80 Å². The molecular weight excluding hydrogens is 388 g/mol. The second-order valence-corrected chi connectivity index (χ2v) is 9.18.